The lowest BCUT2D eigenvalue weighted by molar-refractivity contribution is -0.113. The quantitative estimate of drug-likeness (QED) is 0.265. The van der Waals surface area contributed by atoms with Crippen molar-refractivity contribution in [2.24, 2.45) is 0 Å². The SMILES string of the molecule is CCC(C)c1ccc(NC(=O)CSc2nc3ccccc3c(=O)n2-c2ccc(OC)cc2)cc1. The molecule has 1 heterocycles. The maximum absolute atomic E-state index is 13.3. The molecule has 6 nitrogen and oxygen atoms in total. The first kappa shape index (κ1) is 23.6. The van der Waals surface area contributed by atoms with Crippen molar-refractivity contribution in [1.29, 1.82) is 0 Å². The number of amides is 1. The Hall–Kier alpha value is -3.58. The third kappa shape index (κ3) is 5.15. The predicted octanol–water partition coefficient (Wildman–Crippen LogP) is 5.64. The van der Waals surface area contributed by atoms with Crippen LogP contribution in [0.2, 0.25) is 0 Å². The molecule has 34 heavy (non-hydrogen) atoms. The second kappa shape index (κ2) is 10.6. The summed E-state index contributed by atoms with van der Waals surface area (Å²) in [7, 11) is 1.59. The summed E-state index contributed by atoms with van der Waals surface area (Å²) >= 11 is 1.23. The Balaban J connectivity index is 1.58. The van der Waals surface area contributed by atoms with E-state index in [1.54, 1.807) is 48.1 Å². The number of fused-ring (bicyclic) bond motifs is 1. The normalized spacial score (nSPS) is 11.9. The summed E-state index contributed by atoms with van der Waals surface area (Å²) in [5.74, 6) is 1.13. The van der Waals surface area contributed by atoms with Crippen LogP contribution in [-0.2, 0) is 4.79 Å². The Morgan fingerprint density at radius 3 is 2.44 bits per heavy atom. The number of hydrogen-bond acceptors (Lipinski definition) is 5. The van der Waals surface area contributed by atoms with E-state index in [9.17, 15) is 9.59 Å². The third-order valence-electron chi connectivity index (χ3n) is 5.78. The van der Waals surface area contributed by atoms with E-state index in [4.69, 9.17) is 4.74 Å². The first-order chi connectivity index (χ1) is 16.5. The first-order valence-corrected chi connectivity index (χ1v) is 12.2. The van der Waals surface area contributed by atoms with Crippen LogP contribution in [-0.4, -0.2) is 28.3 Å². The summed E-state index contributed by atoms with van der Waals surface area (Å²) in [5, 5.41) is 3.91. The number of carbonyl (C=O) groups excluding carboxylic acids is 1. The van der Waals surface area contributed by atoms with Crippen molar-refractivity contribution >= 4 is 34.3 Å². The van der Waals surface area contributed by atoms with E-state index in [1.807, 2.05) is 36.4 Å². The number of thioether (sulfide) groups is 1. The van der Waals surface area contributed by atoms with E-state index < -0.39 is 0 Å². The van der Waals surface area contributed by atoms with Crippen molar-refractivity contribution in [2.75, 3.05) is 18.2 Å². The monoisotopic (exact) mass is 473 g/mol. The van der Waals surface area contributed by atoms with Crippen LogP contribution in [0, 0.1) is 0 Å². The highest BCUT2D eigenvalue weighted by Crippen LogP contribution is 2.24. The lowest BCUT2D eigenvalue weighted by Gasteiger charge is -2.14. The van der Waals surface area contributed by atoms with Crippen molar-refractivity contribution < 1.29 is 9.53 Å². The Bertz CT molecular complexity index is 1350. The molecule has 0 aliphatic rings. The van der Waals surface area contributed by atoms with Gasteiger partial charge in [0, 0.05) is 5.69 Å². The fourth-order valence-electron chi connectivity index (χ4n) is 3.63. The molecule has 3 aromatic carbocycles. The highest BCUT2D eigenvalue weighted by Gasteiger charge is 2.15. The Labute approximate surface area is 203 Å². The van der Waals surface area contributed by atoms with Gasteiger partial charge in [-0.25, -0.2) is 4.98 Å². The van der Waals surface area contributed by atoms with Crippen LogP contribution in [0.25, 0.3) is 16.6 Å². The Kier molecular flexibility index (Phi) is 7.33. The summed E-state index contributed by atoms with van der Waals surface area (Å²) in [4.78, 5) is 30.7. The summed E-state index contributed by atoms with van der Waals surface area (Å²) in [6.07, 6.45) is 1.07. The summed E-state index contributed by atoms with van der Waals surface area (Å²) in [5.41, 5.74) is 3.07. The van der Waals surface area contributed by atoms with Crippen LogP contribution >= 0.6 is 11.8 Å². The molecule has 1 atom stereocenters. The molecule has 0 radical (unpaired) electrons. The van der Waals surface area contributed by atoms with Crippen LogP contribution in [0.5, 0.6) is 5.75 Å². The first-order valence-electron chi connectivity index (χ1n) is 11.2. The Morgan fingerprint density at radius 1 is 1.06 bits per heavy atom. The van der Waals surface area contributed by atoms with Crippen molar-refractivity contribution in [2.45, 2.75) is 31.3 Å². The summed E-state index contributed by atoms with van der Waals surface area (Å²) in [6.45, 7) is 4.34. The fourth-order valence-corrected chi connectivity index (χ4v) is 4.44. The van der Waals surface area contributed by atoms with Gasteiger partial charge in [-0.3, -0.25) is 14.2 Å². The smallest absolute Gasteiger partial charge is 0.266 e. The van der Waals surface area contributed by atoms with Crippen LogP contribution < -0.4 is 15.6 Å². The molecule has 0 fully saturated rings. The number of hydrogen-bond donors (Lipinski definition) is 1. The van der Waals surface area contributed by atoms with Gasteiger partial charge >= 0.3 is 0 Å². The van der Waals surface area contributed by atoms with Crippen LogP contribution in [0.4, 0.5) is 5.69 Å². The summed E-state index contributed by atoms with van der Waals surface area (Å²) < 4.78 is 6.78. The molecule has 4 aromatic rings. The van der Waals surface area contributed by atoms with Crippen molar-refractivity contribution in [3.8, 4) is 11.4 Å². The van der Waals surface area contributed by atoms with Gasteiger partial charge in [0.25, 0.3) is 5.56 Å². The van der Waals surface area contributed by atoms with Gasteiger partial charge in [0.1, 0.15) is 5.75 Å². The maximum atomic E-state index is 13.3. The highest BCUT2D eigenvalue weighted by molar-refractivity contribution is 7.99. The van der Waals surface area contributed by atoms with Crippen molar-refractivity contribution in [3.05, 3.63) is 88.7 Å². The average Bonchev–Trinajstić information content (AvgIpc) is 2.87. The predicted molar refractivity (Wildman–Crippen MR) is 138 cm³/mol. The van der Waals surface area contributed by atoms with E-state index >= 15 is 0 Å². The van der Waals surface area contributed by atoms with Gasteiger partial charge in [-0.05, 0) is 66.4 Å². The third-order valence-corrected chi connectivity index (χ3v) is 6.72. The number of nitrogens with one attached hydrogen (secondary N) is 1. The largest absolute Gasteiger partial charge is 0.497 e. The lowest BCUT2D eigenvalue weighted by Crippen LogP contribution is -2.23. The molecular weight excluding hydrogens is 446 g/mol. The minimum absolute atomic E-state index is 0.119. The molecule has 174 valence electrons. The minimum atomic E-state index is -0.181. The molecule has 1 unspecified atom stereocenters. The van der Waals surface area contributed by atoms with E-state index in [1.165, 1.54) is 17.3 Å². The second-order valence-electron chi connectivity index (χ2n) is 8.02. The lowest BCUT2D eigenvalue weighted by atomic mass is 9.99. The van der Waals surface area contributed by atoms with Crippen molar-refractivity contribution in [1.82, 2.24) is 9.55 Å². The number of nitrogens with zero attached hydrogens (tertiary/aromatic N) is 2. The van der Waals surface area contributed by atoms with E-state index in [0.29, 0.717) is 33.4 Å². The Morgan fingerprint density at radius 2 is 1.76 bits per heavy atom. The highest BCUT2D eigenvalue weighted by atomic mass is 32.2. The molecule has 1 amide bonds. The van der Waals surface area contributed by atoms with E-state index in [2.05, 4.69) is 24.1 Å². The number of rotatable bonds is 8. The van der Waals surface area contributed by atoms with Crippen LogP contribution in [0.3, 0.4) is 0 Å². The summed E-state index contributed by atoms with van der Waals surface area (Å²) in [6, 6.07) is 22.4. The van der Waals surface area contributed by atoms with Gasteiger partial charge in [-0.2, -0.15) is 0 Å². The number of ether oxygens (including phenoxy) is 1. The molecule has 0 saturated carbocycles. The maximum Gasteiger partial charge on any atom is 0.266 e. The van der Waals surface area contributed by atoms with Gasteiger partial charge in [0.05, 0.1) is 29.5 Å². The molecule has 1 N–H and O–H groups in total. The topological polar surface area (TPSA) is 73.2 Å². The molecule has 4 rings (SSSR count). The zero-order chi connectivity index (χ0) is 24.1. The molecule has 0 bridgehead atoms. The number of carbonyl (C=O) groups is 1. The number of methoxy groups -OCH3 is 1. The molecule has 0 aliphatic carbocycles. The van der Waals surface area contributed by atoms with Gasteiger partial charge in [-0.1, -0.05) is 49.9 Å². The zero-order valence-electron chi connectivity index (χ0n) is 19.4. The second-order valence-corrected chi connectivity index (χ2v) is 8.96. The minimum Gasteiger partial charge on any atom is -0.497 e. The van der Waals surface area contributed by atoms with Crippen LogP contribution in [0.15, 0.2) is 82.7 Å². The van der Waals surface area contributed by atoms with Gasteiger partial charge in [-0.15, -0.1) is 0 Å². The van der Waals surface area contributed by atoms with E-state index in [-0.39, 0.29) is 17.2 Å². The molecule has 0 saturated heterocycles. The molecule has 7 heteroatoms. The van der Waals surface area contributed by atoms with Gasteiger partial charge < -0.3 is 10.1 Å². The standard InChI is InChI=1S/C27H27N3O3S/c1-4-18(2)19-9-11-20(12-10-19)28-25(31)17-34-27-29-24-8-6-5-7-23(24)26(32)30(27)21-13-15-22(33-3)16-14-21/h5-16,18H,4,17H2,1-3H3,(H,28,31). The van der Waals surface area contributed by atoms with Gasteiger partial charge in [0.15, 0.2) is 5.16 Å². The van der Waals surface area contributed by atoms with Crippen molar-refractivity contribution in [3.63, 3.8) is 0 Å². The molecule has 0 aliphatic heterocycles. The van der Waals surface area contributed by atoms with Crippen LogP contribution in [0.1, 0.15) is 31.7 Å². The number of anilines is 1. The molecule has 1 aromatic heterocycles. The fraction of sp³-hybridized carbons (Fsp3) is 0.222. The van der Waals surface area contributed by atoms with E-state index in [0.717, 1.165) is 12.1 Å². The van der Waals surface area contributed by atoms with Gasteiger partial charge in [0.2, 0.25) is 5.91 Å². The molecular formula is C27H27N3O3S. The number of benzene rings is 3. The molecule has 0 spiro atoms. The number of aromatic nitrogens is 2. The average molecular weight is 474 g/mol. The number of para-hydroxylation sites is 1. The zero-order valence-corrected chi connectivity index (χ0v) is 20.3.